The molecule has 1 aliphatic heterocycles. The van der Waals surface area contributed by atoms with Gasteiger partial charge >= 0.3 is 5.97 Å². The molecule has 3 aromatic rings. The molecule has 0 saturated carbocycles. The highest BCUT2D eigenvalue weighted by atomic mass is 35.5. The van der Waals surface area contributed by atoms with Crippen LogP contribution in [0.3, 0.4) is 0 Å². The fraction of sp³-hybridized carbons (Fsp3) is 0.273. The van der Waals surface area contributed by atoms with E-state index in [0.717, 1.165) is 16.5 Å². The van der Waals surface area contributed by atoms with Crippen molar-refractivity contribution in [2.75, 3.05) is 13.1 Å². The summed E-state index contributed by atoms with van der Waals surface area (Å²) in [5.41, 5.74) is 2.61. The zero-order valence-electron chi connectivity index (χ0n) is 15.3. The minimum atomic E-state index is -0.834. The summed E-state index contributed by atoms with van der Waals surface area (Å²) in [6.45, 7) is 1.39. The Morgan fingerprint density at radius 1 is 1.11 bits per heavy atom. The molecule has 0 aliphatic carbocycles. The molecule has 0 bridgehead atoms. The molecule has 0 radical (unpaired) electrons. The van der Waals surface area contributed by atoms with Gasteiger partial charge in [0.15, 0.2) is 0 Å². The molecule has 2 heterocycles. The quantitative estimate of drug-likeness (QED) is 0.715. The lowest BCUT2D eigenvalue weighted by atomic mass is 9.98. The number of carboxylic acid groups (broad SMARTS) is 1. The Morgan fingerprint density at radius 3 is 2.61 bits per heavy atom. The summed E-state index contributed by atoms with van der Waals surface area (Å²) in [6, 6.07) is 17.4. The molecule has 1 fully saturated rings. The Balaban J connectivity index is 1.70. The number of amides is 1. The maximum atomic E-state index is 13.3. The van der Waals surface area contributed by atoms with Crippen molar-refractivity contribution in [3.8, 4) is 0 Å². The van der Waals surface area contributed by atoms with Crippen molar-refractivity contribution in [1.29, 1.82) is 0 Å². The van der Waals surface area contributed by atoms with Gasteiger partial charge < -0.3 is 14.6 Å². The molecule has 1 saturated heterocycles. The summed E-state index contributed by atoms with van der Waals surface area (Å²) in [5.74, 6) is -1.44. The Kier molecular flexibility index (Phi) is 5.09. The molecule has 2 aromatic carbocycles. The van der Waals surface area contributed by atoms with Crippen molar-refractivity contribution >= 4 is 34.4 Å². The lowest BCUT2D eigenvalue weighted by Gasteiger charge is -2.31. The standard InChI is InChI=1S/C22H21ClN2O3/c23-18-9-7-15(8-10-18)13-25-19-6-2-1-4-16(19)12-20(25)21(26)24-11-3-5-17(14-24)22(27)28/h1-2,4,6-10,12,17H,3,5,11,13-14H2,(H,27,28). The van der Waals surface area contributed by atoms with Gasteiger partial charge in [-0.05, 0) is 42.7 Å². The minimum absolute atomic E-state index is 0.115. The van der Waals surface area contributed by atoms with Gasteiger partial charge in [-0.25, -0.2) is 0 Å². The summed E-state index contributed by atoms with van der Waals surface area (Å²) >= 11 is 6.00. The smallest absolute Gasteiger partial charge is 0.308 e. The number of carboxylic acids is 1. The number of carbonyl (C=O) groups excluding carboxylic acids is 1. The number of hydrogen-bond acceptors (Lipinski definition) is 2. The van der Waals surface area contributed by atoms with Crippen LogP contribution in [0, 0.1) is 5.92 Å². The van der Waals surface area contributed by atoms with Gasteiger partial charge in [-0.1, -0.05) is 41.9 Å². The van der Waals surface area contributed by atoms with E-state index in [4.69, 9.17) is 11.6 Å². The van der Waals surface area contributed by atoms with Gasteiger partial charge in [0.05, 0.1) is 5.92 Å². The maximum absolute atomic E-state index is 13.3. The van der Waals surface area contributed by atoms with Crippen LogP contribution in [0.15, 0.2) is 54.6 Å². The Labute approximate surface area is 168 Å². The van der Waals surface area contributed by atoms with Gasteiger partial charge in [0, 0.05) is 35.6 Å². The number of hydrogen-bond donors (Lipinski definition) is 1. The second-order valence-corrected chi connectivity index (χ2v) is 7.67. The first-order valence-electron chi connectivity index (χ1n) is 9.38. The van der Waals surface area contributed by atoms with Crippen molar-refractivity contribution in [2.45, 2.75) is 19.4 Å². The predicted octanol–water partition coefficient (Wildman–Crippen LogP) is 4.28. The highest BCUT2D eigenvalue weighted by Gasteiger charge is 2.30. The van der Waals surface area contributed by atoms with Crippen LogP contribution in [0.1, 0.15) is 28.9 Å². The van der Waals surface area contributed by atoms with E-state index in [0.29, 0.717) is 36.6 Å². The third kappa shape index (κ3) is 3.62. The van der Waals surface area contributed by atoms with E-state index in [1.54, 1.807) is 4.90 Å². The van der Waals surface area contributed by atoms with Crippen molar-refractivity contribution in [3.63, 3.8) is 0 Å². The monoisotopic (exact) mass is 396 g/mol. The third-order valence-corrected chi connectivity index (χ3v) is 5.59. The first kappa shape index (κ1) is 18.6. The first-order valence-corrected chi connectivity index (χ1v) is 9.75. The maximum Gasteiger partial charge on any atom is 0.308 e. The average molecular weight is 397 g/mol. The van der Waals surface area contributed by atoms with Crippen LogP contribution >= 0.6 is 11.6 Å². The fourth-order valence-corrected chi connectivity index (χ4v) is 3.98. The van der Waals surface area contributed by atoms with Crippen LogP contribution in [0.5, 0.6) is 0 Å². The molecule has 28 heavy (non-hydrogen) atoms. The molecule has 4 rings (SSSR count). The summed E-state index contributed by atoms with van der Waals surface area (Å²) < 4.78 is 2.01. The lowest BCUT2D eigenvalue weighted by Crippen LogP contribution is -2.43. The van der Waals surface area contributed by atoms with Gasteiger partial charge in [-0.3, -0.25) is 9.59 Å². The highest BCUT2D eigenvalue weighted by Crippen LogP contribution is 2.25. The zero-order valence-corrected chi connectivity index (χ0v) is 16.1. The Morgan fingerprint density at radius 2 is 1.86 bits per heavy atom. The molecule has 6 heteroatoms. The van der Waals surface area contributed by atoms with Crippen LogP contribution in [-0.4, -0.2) is 39.5 Å². The molecule has 1 N–H and O–H groups in total. The van der Waals surface area contributed by atoms with Crippen LogP contribution in [0.4, 0.5) is 0 Å². The van der Waals surface area contributed by atoms with Gasteiger partial charge in [0.1, 0.15) is 5.69 Å². The van der Waals surface area contributed by atoms with E-state index >= 15 is 0 Å². The van der Waals surface area contributed by atoms with E-state index in [9.17, 15) is 14.7 Å². The lowest BCUT2D eigenvalue weighted by molar-refractivity contribution is -0.143. The van der Waals surface area contributed by atoms with Crippen LogP contribution in [0.25, 0.3) is 10.9 Å². The summed E-state index contributed by atoms with van der Waals surface area (Å²) in [5, 5.41) is 11.0. The molecule has 144 valence electrons. The van der Waals surface area contributed by atoms with Crippen LogP contribution in [-0.2, 0) is 11.3 Å². The van der Waals surface area contributed by atoms with E-state index in [2.05, 4.69) is 0 Å². The van der Waals surface area contributed by atoms with Crippen molar-refractivity contribution < 1.29 is 14.7 Å². The zero-order chi connectivity index (χ0) is 19.7. The molecule has 1 unspecified atom stereocenters. The average Bonchev–Trinajstić information content (AvgIpc) is 3.07. The van der Waals surface area contributed by atoms with E-state index in [-0.39, 0.29) is 12.5 Å². The number of carbonyl (C=O) groups is 2. The van der Waals surface area contributed by atoms with E-state index in [1.807, 2.05) is 59.2 Å². The summed E-state index contributed by atoms with van der Waals surface area (Å²) in [4.78, 5) is 26.4. The van der Waals surface area contributed by atoms with Gasteiger partial charge in [-0.2, -0.15) is 0 Å². The molecule has 1 amide bonds. The highest BCUT2D eigenvalue weighted by molar-refractivity contribution is 6.30. The van der Waals surface area contributed by atoms with E-state index < -0.39 is 11.9 Å². The van der Waals surface area contributed by atoms with Crippen molar-refractivity contribution in [1.82, 2.24) is 9.47 Å². The van der Waals surface area contributed by atoms with Gasteiger partial charge in [0.25, 0.3) is 5.91 Å². The SMILES string of the molecule is O=C(O)C1CCCN(C(=O)c2cc3ccccc3n2Cc2ccc(Cl)cc2)C1. The molecular weight excluding hydrogens is 376 g/mol. The Hall–Kier alpha value is -2.79. The minimum Gasteiger partial charge on any atom is -0.481 e. The predicted molar refractivity (Wildman–Crippen MR) is 109 cm³/mol. The first-order chi connectivity index (χ1) is 13.5. The number of para-hydroxylation sites is 1. The van der Waals surface area contributed by atoms with Crippen LogP contribution in [0.2, 0.25) is 5.02 Å². The number of nitrogens with zero attached hydrogens (tertiary/aromatic N) is 2. The number of aromatic nitrogens is 1. The Bertz CT molecular complexity index is 1030. The molecule has 1 aromatic heterocycles. The second-order valence-electron chi connectivity index (χ2n) is 7.23. The third-order valence-electron chi connectivity index (χ3n) is 5.34. The number of fused-ring (bicyclic) bond motifs is 1. The molecule has 5 nitrogen and oxygen atoms in total. The number of benzene rings is 2. The van der Waals surface area contributed by atoms with Gasteiger partial charge in [-0.15, -0.1) is 0 Å². The van der Waals surface area contributed by atoms with Crippen LogP contribution < -0.4 is 0 Å². The summed E-state index contributed by atoms with van der Waals surface area (Å²) in [6.07, 6.45) is 1.33. The number of halogens is 1. The molecule has 0 spiro atoms. The van der Waals surface area contributed by atoms with Gasteiger partial charge in [0.2, 0.25) is 0 Å². The molecule has 1 aliphatic rings. The normalized spacial score (nSPS) is 17.0. The van der Waals surface area contributed by atoms with E-state index in [1.165, 1.54) is 0 Å². The molecular formula is C22H21ClN2O3. The number of piperidine rings is 1. The van der Waals surface area contributed by atoms with Crippen molar-refractivity contribution in [2.24, 2.45) is 5.92 Å². The summed E-state index contributed by atoms with van der Waals surface area (Å²) in [7, 11) is 0. The largest absolute Gasteiger partial charge is 0.481 e. The topological polar surface area (TPSA) is 62.5 Å². The number of aliphatic carboxylic acids is 1. The molecule has 1 atom stereocenters. The fourth-order valence-electron chi connectivity index (χ4n) is 3.86. The second kappa shape index (κ2) is 7.68. The van der Waals surface area contributed by atoms with Crippen molar-refractivity contribution in [3.05, 3.63) is 70.9 Å². The number of likely N-dealkylation sites (tertiary alicyclic amines) is 1. The number of rotatable bonds is 4.